The van der Waals surface area contributed by atoms with Gasteiger partial charge in [0.1, 0.15) is 5.82 Å². The number of carbonyl (C=O) groups excluding carboxylic acids is 1. The number of rotatable bonds is 2. The third kappa shape index (κ3) is 2.66. The minimum atomic E-state index is -0.541. The van der Waals surface area contributed by atoms with Crippen LogP contribution < -0.4 is 5.32 Å². The number of furan rings is 1. The Morgan fingerprint density at radius 2 is 2.26 bits per heavy atom. The molecule has 0 atom stereocenters. The maximum Gasteiger partial charge on any atom is 0.260 e. The molecule has 2 rings (SSSR count). The zero-order valence-electron chi connectivity index (χ0n) is 9.83. The number of nitrogens with zero attached hydrogens (tertiary/aromatic N) is 1. The molecule has 0 aliphatic rings. The molecule has 0 spiro atoms. The minimum absolute atomic E-state index is 0.143. The van der Waals surface area contributed by atoms with Crippen LogP contribution >= 0.6 is 15.9 Å². The molecule has 1 heterocycles. The van der Waals surface area contributed by atoms with E-state index in [0.29, 0.717) is 10.2 Å². The van der Waals surface area contributed by atoms with Gasteiger partial charge in [0.15, 0.2) is 4.67 Å². The normalized spacial score (nSPS) is 10.0. The van der Waals surface area contributed by atoms with E-state index in [1.54, 1.807) is 0 Å². The maximum absolute atomic E-state index is 13.6. The Morgan fingerprint density at radius 3 is 2.84 bits per heavy atom. The van der Waals surface area contributed by atoms with Crippen LogP contribution in [0.1, 0.15) is 21.5 Å². The van der Waals surface area contributed by atoms with Gasteiger partial charge in [-0.3, -0.25) is 4.79 Å². The van der Waals surface area contributed by atoms with Crippen molar-refractivity contribution >= 4 is 27.5 Å². The van der Waals surface area contributed by atoms with Crippen LogP contribution in [0.5, 0.6) is 0 Å². The van der Waals surface area contributed by atoms with E-state index in [9.17, 15) is 9.18 Å². The van der Waals surface area contributed by atoms with Gasteiger partial charge in [-0.1, -0.05) is 0 Å². The standard InChI is InChI=1S/C13H8BrFN2O2/c1-7-10(15)4-8(6-16)5-11(7)17-13(18)9-2-3-19-12(9)14/h2-5H,1H3,(H,17,18). The van der Waals surface area contributed by atoms with Gasteiger partial charge in [0.05, 0.1) is 23.5 Å². The van der Waals surface area contributed by atoms with Gasteiger partial charge >= 0.3 is 0 Å². The topological polar surface area (TPSA) is 66.0 Å². The van der Waals surface area contributed by atoms with Gasteiger partial charge < -0.3 is 9.73 Å². The molecule has 1 aromatic carbocycles. The second kappa shape index (κ2) is 5.24. The number of nitriles is 1. The third-order valence-corrected chi connectivity index (χ3v) is 3.20. The van der Waals surface area contributed by atoms with Gasteiger partial charge in [-0.25, -0.2) is 4.39 Å². The van der Waals surface area contributed by atoms with Crippen molar-refractivity contribution in [2.24, 2.45) is 0 Å². The lowest BCUT2D eigenvalue weighted by Crippen LogP contribution is -2.13. The fraction of sp³-hybridized carbons (Fsp3) is 0.0769. The van der Waals surface area contributed by atoms with Crippen LogP contribution in [0.2, 0.25) is 0 Å². The van der Waals surface area contributed by atoms with E-state index in [-0.39, 0.29) is 16.8 Å². The van der Waals surface area contributed by atoms with E-state index >= 15 is 0 Å². The highest BCUT2D eigenvalue weighted by molar-refractivity contribution is 9.10. The van der Waals surface area contributed by atoms with Crippen molar-refractivity contribution in [1.29, 1.82) is 5.26 Å². The Morgan fingerprint density at radius 1 is 1.53 bits per heavy atom. The first-order valence-corrected chi connectivity index (χ1v) is 6.07. The zero-order chi connectivity index (χ0) is 14.0. The molecule has 0 aliphatic heterocycles. The molecular weight excluding hydrogens is 315 g/mol. The van der Waals surface area contributed by atoms with Gasteiger partial charge in [0.2, 0.25) is 0 Å². The quantitative estimate of drug-likeness (QED) is 0.918. The van der Waals surface area contributed by atoms with Crippen molar-refractivity contribution in [1.82, 2.24) is 0 Å². The molecular formula is C13H8BrFN2O2. The molecule has 0 radical (unpaired) electrons. The van der Waals surface area contributed by atoms with Crippen molar-refractivity contribution in [3.8, 4) is 6.07 Å². The van der Waals surface area contributed by atoms with Crippen molar-refractivity contribution in [2.75, 3.05) is 5.32 Å². The van der Waals surface area contributed by atoms with Crippen LogP contribution in [0.4, 0.5) is 10.1 Å². The van der Waals surface area contributed by atoms with Crippen molar-refractivity contribution in [3.05, 3.63) is 51.6 Å². The van der Waals surface area contributed by atoms with Crippen LogP contribution in [0.25, 0.3) is 0 Å². The molecule has 2 aromatic rings. The summed E-state index contributed by atoms with van der Waals surface area (Å²) in [5, 5.41) is 11.3. The van der Waals surface area contributed by atoms with E-state index in [2.05, 4.69) is 21.2 Å². The molecule has 0 saturated carbocycles. The molecule has 1 aromatic heterocycles. The number of benzene rings is 1. The van der Waals surface area contributed by atoms with Crippen LogP contribution in [-0.4, -0.2) is 5.91 Å². The second-order valence-electron chi connectivity index (χ2n) is 3.80. The van der Waals surface area contributed by atoms with Gasteiger partial charge in [0.25, 0.3) is 5.91 Å². The lowest BCUT2D eigenvalue weighted by Gasteiger charge is -2.09. The molecule has 1 N–H and O–H groups in total. The maximum atomic E-state index is 13.6. The number of hydrogen-bond acceptors (Lipinski definition) is 3. The lowest BCUT2D eigenvalue weighted by molar-refractivity contribution is 0.102. The van der Waals surface area contributed by atoms with Crippen LogP contribution in [0.3, 0.4) is 0 Å². The SMILES string of the molecule is Cc1c(F)cc(C#N)cc1NC(=O)c1ccoc1Br. The average molecular weight is 323 g/mol. The Hall–Kier alpha value is -2.13. The number of nitrogens with one attached hydrogen (secondary N) is 1. The van der Waals surface area contributed by atoms with E-state index in [1.807, 2.05) is 6.07 Å². The number of amides is 1. The van der Waals surface area contributed by atoms with E-state index in [4.69, 9.17) is 9.68 Å². The Bertz CT molecular complexity index is 688. The Labute approximate surface area is 117 Å². The molecule has 4 nitrogen and oxygen atoms in total. The van der Waals surface area contributed by atoms with Crippen molar-refractivity contribution in [2.45, 2.75) is 6.92 Å². The first-order chi connectivity index (χ1) is 9.02. The molecule has 6 heteroatoms. The summed E-state index contributed by atoms with van der Waals surface area (Å²) in [4.78, 5) is 12.0. The molecule has 0 unspecified atom stereocenters. The van der Waals surface area contributed by atoms with E-state index in [1.165, 1.54) is 25.3 Å². The van der Waals surface area contributed by atoms with Gasteiger partial charge in [-0.2, -0.15) is 5.26 Å². The summed E-state index contributed by atoms with van der Waals surface area (Å²) < 4.78 is 18.8. The van der Waals surface area contributed by atoms with E-state index in [0.717, 1.165) is 6.07 Å². The predicted octanol–water partition coefficient (Wildman–Crippen LogP) is 3.61. The fourth-order valence-corrected chi connectivity index (χ4v) is 1.94. The predicted molar refractivity (Wildman–Crippen MR) is 70.2 cm³/mol. The first-order valence-electron chi connectivity index (χ1n) is 5.27. The average Bonchev–Trinajstić information content (AvgIpc) is 2.80. The van der Waals surface area contributed by atoms with Crippen LogP contribution in [0, 0.1) is 24.1 Å². The smallest absolute Gasteiger partial charge is 0.260 e. The van der Waals surface area contributed by atoms with Crippen LogP contribution in [0.15, 0.2) is 33.5 Å². The summed E-state index contributed by atoms with van der Waals surface area (Å²) in [7, 11) is 0. The summed E-state index contributed by atoms with van der Waals surface area (Å²) in [6.45, 7) is 1.52. The number of carbonyl (C=O) groups is 1. The summed E-state index contributed by atoms with van der Waals surface area (Å²) in [5.41, 5.74) is 0.966. The van der Waals surface area contributed by atoms with Crippen LogP contribution in [-0.2, 0) is 0 Å². The molecule has 1 amide bonds. The minimum Gasteiger partial charge on any atom is -0.457 e. The van der Waals surface area contributed by atoms with Gasteiger partial charge in [-0.05, 0) is 41.1 Å². The molecule has 96 valence electrons. The highest BCUT2D eigenvalue weighted by Crippen LogP contribution is 2.23. The Kier molecular flexibility index (Phi) is 3.67. The number of anilines is 1. The Balaban J connectivity index is 2.34. The summed E-state index contributed by atoms with van der Waals surface area (Å²) >= 11 is 3.09. The molecule has 0 fully saturated rings. The monoisotopic (exact) mass is 322 g/mol. The molecule has 19 heavy (non-hydrogen) atoms. The lowest BCUT2D eigenvalue weighted by atomic mass is 10.1. The zero-order valence-corrected chi connectivity index (χ0v) is 11.4. The largest absolute Gasteiger partial charge is 0.457 e. The highest BCUT2D eigenvalue weighted by atomic mass is 79.9. The second-order valence-corrected chi connectivity index (χ2v) is 4.52. The van der Waals surface area contributed by atoms with Gasteiger partial charge in [0, 0.05) is 11.3 Å². The van der Waals surface area contributed by atoms with Crippen molar-refractivity contribution < 1.29 is 13.6 Å². The molecule has 0 aliphatic carbocycles. The summed E-state index contributed by atoms with van der Waals surface area (Å²) in [5.74, 6) is -0.987. The van der Waals surface area contributed by atoms with E-state index < -0.39 is 11.7 Å². The summed E-state index contributed by atoms with van der Waals surface area (Å²) in [6.07, 6.45) is 1.36. The van der Waals surface area contributed by atoms with Gasteiger partial charge in [-0.15, -0.1) is 0 Å². The number of halogens is 2. The summed E-state index contributed by atoms with van der Waals surface area (Å²) in [6, 6.07) is 5.87. The molecule has 0 saturated heterocycles. The fourth-order valence-electron chi connectivity index (χ4n) is 1.52. The number of hydrogen-bond donors (Lipinski definition) is 1. The highest BCUT2D eigenvalue weighted by Gasteiger charge is 2.15. The van der Waals surface area contributed by atoms with Crippen molar-refractivity contribution in [3.63, 3.8) is 0 Å². The molecule has 0 bridgehead atoms. The third-order valence-electron chi connectivity index (χ3n) is 2.58. The first kappa shape index (κ1) is 13.3.